The minimum Gasteiger partial charge on any atom is -0.496 e. The largest absolute Gasteiger partial charge is 0.496 e. The molecular formula is C22H26N4O6S. The number of benzene rings is 2. The maximum atomic E-state index is 12.4. The molecule has 176 valence electrons. The molecule has 33 heavy (non-hydrogen) atoms. The fourth-order valence-corrected chi connectivity index (χ4v) is 4.19. The smallest absolute Gasteiger partial charge is 0.325 e. The lowest BCUT2D eigenvalue weighted by Gasteiger charge is -2.11. The zero-order chi connectivity index (χ0) is 24.2. The number of imidazole rings is 1. The molecule has 0 spiro atoms. The molecule has 0 atom stereocenters. The zero-order valence-corrected chi connectivity index (χ0v) is 19.7. The predicted octanol–water partition coefficient (Wildman–Crippen LogP) is 1.79. The van der Waals surface area contributed by atoms with Gasteiger partial charge in [-0.05, 0) is 37.3 Å². The minimum atomic E-state index is -3.60. The number of nitrogens with zero attached hydrogens (tertiary/aromatic N) is 3. The Labute approximate surface area is 192 Å². The summed E-state index contributed by atoms with van der Waals surface area (Å²) in [4.78, 5) is 29.1. The van der Waals surface area contributed by atoms with Crippen LogP contribution in [0.15, 0.2) is 47.4 Å². The third-order valence-corrected chi connectivity index (χ3v) is 6.81. The van der Waals surface area contributed by atoms with Gasteiger partial charge in [-0.1, -0.05) is 12.1 Å². The average Bonchev–Trinajstić information content (AvgIpc) is 3.17. The quantitative estimate of drug-likeness (QED) is 0.470. The van der Waals surface area contributed by atoms with E-state index in [1.165, 1.54) is 33.3 Å². The molecule has 0 unspecified atom stereocenters. The molecule has 0 saturated heterocycles. The van der Waals surface area contributed by atoms with E-state index in [0.717, 1.165) is 9.82 Å². The number of methoxy groups -OCH3 is 1. The van der Waals surface area contributed by atoms with Crippen molar-refractivity contribution in [1.29, 1.82) is 0 Å². The van der Waals surface area contributed by atoms with E-state index in [1.807, 2.05) is 11.5 Å². The molecule has 0 aliphatic rings. The Morgan fingerprint density at radius 1 is 1.15 bits per heavy atom. The van der Waals surface area contributed by atoms with Crippen LogP contribution in [0.3, 0.4) is 0 Å². The molecule has 2 aromatic carbocycles. The van der Waals surface area contributed by atoms with Gasteiger partial charge in [0.1, 0.15) is 24.7 Å². The average molecular weight is 475 g/mol. The van der Waals surface area contributed by atoms with Gasteiger partial charge in [-0.3, -0.25) is 9.59 Å². The van der Waals surface area contributed by atoms with Crippen molar-refractivity contribution in [2.45, 2.75) is 25.0 Å². The molecular weight excluding hydrogens is 448 g/mol. The molecule has 3 rings (SSSR count). The standard InChI is InChI=1S/C22H26N4O6S/c1-5-26-18-11-10-15(33(29,30)25(2)3)12-17(18)24-20(26)14-32-21(27)13-23-22(28)16-8-6-7-9-19(16)31-4/h6-12H,5,13-14H2,1-4H3,(H,23,28). The third kappa shape index (κ3) is 5.15. The number of hydrogen-bond donors (Lipinski definition) is 1. The summed E-state index contributed by atoms with van der Waals surface area (Å²) in [7, 11) is 0.779. The molecule has 3 aromatic rings. The fraction of sp³-hybridized carbons (Fsp3) is 0.318. The molecule has 1 amide bonds. The van der Waals surface area contributed by atoms with Crippen LogP contribution in [-0.4, -0.2) is 61.9 Å². The SMILES string of the molecule is CCn1c(COC(=O)CNC(=O)c2ccccc2OC)nc2cc(S(=O)(=O)N(C)C)ccc21. The maximum absolute atomic E-state index is 12.4. The number of hydrogen-bond acceptors (Lipinski definition) is 7. The highest BCUT2D eigenvalue weighted by atomic mass is 32.2. The maximum Gasteiger partial charge on any atom is 0.325 e. The van der Waals surface area contributed by atoms with E-state index in [0.29, 0.717) is 29.2 Å². The number of carbonyl (C=O) groups is 2. The summed E-state index contributed by atoms with van der Waals surface area (Å²) in [5.41, 5.74) is 1.52. The van der Waals surface area contributed by atoms with E-state index in [4.69, 9.17) is 9.47 Å². The predicted molar refractivity (Wildman–Crippen MR) is 121 cm³/mol. The molecule has 0 aliphatic carbocycles. The highest BCUT2D eigenvalue weighted by Gasteiger charge is 2.20. The topological polar surface area (TPSA) is 120 Å². The van der Waals surface area contributed by atoms with Crippen LogP contribution in [0.2, 0.25) is 0 Å². The monoisotopic (exact) mass is 474 g/mol. The molecule has 1 heterocycles. The van der Waals surface area contributed by atoms with Gasteiger partial charge in [0.05, 0.1) is 28.6 Å². The van der Waals surface area contributed by atoms with Gasteiger partial charge in [-0.2, -0.15) is 0 Å². The van der Waals surface area contributed by atoms with Crippen molar-refractivity contribution in [3.63, 3.8) is 0 Å². The molecule has 0 bridgehead atoms. The number of rotatable bonds is 9. The number of amides is 1. The van der Waals surface area contributed by atoms with Gasteiger partial charge in [-0.15, -0.1) is 0 Å². The molecule has 0 radical (unpaired) electrons. The molecule has 11 heteroatoms. The normalized spacial score (nSPS) is 11.5. The van der Waals surface area contributed by atoms with Crippen molar-refractivity contribution in [2.24, 2.45) is 0 Å². The molecule has 0 saturated carbocycles. The van der Waals surface area contributed by atoms with Gasteiger partial charge in [0, 0.05) is 20.6 Å². The minimum absolute atomic E-state index is 0.123. The van der Waals surface area contributed by atoms with E-state index in [9.17, 15) is 18.0 Å². The Bertz CT molecular complexity index is 1280. The van der Waals surface area contributed by atoms with Gasteiger partial charge in [0.15, 0.2) is 0 Å². The lowest BCUT2D eigenvalue weighted by Crippen LogP contribution is -2.31. The number of ether oxygens (including phenoxy) is 2. The van der Waals surface area contributed by atoms with Crippen LogP contribution in [0.5, 0.6) is 5.75 Å². The van der Waals surface area contributed by atoms with Crippen LogP contribution in [-0.2, 0) is 32.7 Å². The van der Waals surface area contributed by atoms with Crippen molar-refractivity contribution in [3.05, 3.63) is 53.9 Å². The highest BCUT2D eigenvalue weighted by molar-refractivity contribution is 7.89. The number of aromatic nitrogens is 2. The van der Waals surface area contributed by atoms with Crippen LogP contribution in [0.1, 0.15) is 23.1 Å². The van der Waals surface area contributed by atoms with Crippen molar-refractivity contribution in [3.8, 4) is 5.75 Å². The number of esters is 1. The first-order valence-corrected chi connectivity index (χ1v) is 11.6. The van der Waals surface area contributed by atoms with Gasteiger partial charge >= 0.3 is 5.97 Å². The Balaban J connectivity index is 1.69. The molecule has 0 aliphatic heterocycles. The van der Waals surface area contributed by atoms with Gasteiger partial charge < -0.3 is 19.4 Å². The van der Waals surface area contributed by atoms with Crippen molar-refractivity contribution >= 4 is 32.9 Å². The van der Waals surface area contributed by atoms with Crippen LogP contribution in [0, 0.1) is 0 Å². The first-order valence-electron chi connectivity index (χ1n) is 10.2. The Kier molecular flexibility index (Phi) is 7.34. The van der Waals surface area contributed by atoms with Gasteiger partial charge in [-0.25, -0.2) is 17.7 Å². The third-order valence-electron chi connectivity index (χ3n) is 5.00. The summed E-state index contributed by atoms with van der Waals surface area (Å²) < 4.78 is 38.2. The summed E-state index contributed by atoms with van der Waals surface area (Å²) >= 11 is 0. The summed E-state index contributed by atoms with van der Waals surface area (Å²) in [6.45, 7) is 2.01. The van der Waals surface area contributed by atoms with Crippen molar-refractivity contribution < 1.29 is 27.5 Å². The molecule has 1 aromatic heterocycles. The number of aryl methyl sites for hydroxylation is 1. The van der Waals surface area contributed by atoms with E-state index in [2.05, 4.69) is 10.3 Å². The van der Waals surface area contributed by atoms with E-state index >= 15 is 0 Å². The van der Waals surface area contributed by atoms with Crippen LogP contribution < -0.4 is 10.1 Å². The van der Waals surface area contributed by atoms with Crippen molar-refractivity contribution in [1.82, 2.24) is 19.2 Å². The highest BCUT2D eigenvalue weighted by Crippen LogP contribution is 2.22. The van der Waals surface area contributed by atoms with E-state index in [-0.39, 0.29) is 18.0 Å². The second-order valence-electron chi connectivity index (χ2n) is 7.25. The van der Waals surface area contributed by atoms with E-state index < -0.39 is 21.9 Å². The Morgan fingerprint density at radius 2 is 1.88 bits per heavy atom. The first kappa shape index (κ1) is 24.2. The van der Waals surface area contributed by atoms with Gasteiger partial charge in [0.25, 0.3) is 5.91 Å². The lowest BCUT2D eigenvalue weighted by molar-refractivity contribution is -0.144. The summed E-state index contributed by atoms with van der Waals surface area (Å²) in [5, 5.41) is 2.51. The Hall–Kier alpha value is -3.44. The molecule has 0 fully saturated rings. The van der Waals surface area contributed by atoms with Crippen LogP contribution in [0.4, 0.5) is 0 Å². The number of sulfonamides is 1. The molecule has 10 nitrogen and oxygen atoms in total. The zero-order valence-electron chi connectivity index (χ0n) is 18.9. The lowest BCUT2D eigenvalue weighted by atomic mass is 10.2. The second-order valence-corrected chi connectivity index (χ2v) is 9.41. The number of para-hydroxylation sites is 1. The number of fused-ring (bicyclic) bond motifs is 1. The van der Waals surface area contributed by atoms with Crippen molar-refractivity contribution in [2.75, 3.05) is 27.7 Å². The Morgan fingerprint density at radius 3 is 2.55 bits per heavy atom. The second kappa shape index (κ2) is 10.0. The first-order chi connectivity index (χ1) is 15.7. The van der Waals surface area contributed by atoms with Crippen LogP contribution in [0.25, 0.3) is 11.0 Å². The van der Waals surface area contributed by atoms with E-state index in [1.54, 1.807) is 30.3 Å². The summed E-state index contributed by atoms with van der Waals surface area (Å²) in [5.74, 6) is -0.226. The van der Waals surface area contributed by atoms with Crippen LogP contribution >= 0.6 is 0 Å². The van der Waals surface area contributed by atoms with Gasteiger partial charge in [0.2, 0.25) is 10.0 Å². The number of carbonyl (C=O) groups excluding carboxylic acids is 2. The number of nitrogens with one attached hydrogen (secondary N) is 1. The fourth-order valence-electron chi connectivity index (χ4n) is 3.27. The molecule has 1 N–H and O–H groups in total. The summed E-state index contributed by atoms with van der Waals surface area (Å²) in [6.07, 6.45) is 0. The summed E-state index contributed by atoms with van der Waals surface area (Å²) in [6, 6.07) is 11.4.